The second-order valence-corrected chi connectivity index (χ2v) is 9.44. The van der Waals surface area contributed by atoms with Crippen LogP contribution in [0.15, 0.2) is 54.9 Å². The van der Waals surface area contributed by atoms with Crippen LogP contribution in [0.5, 0.6) is 5.75 Å². The molecule has 1 amide bonds. The zero-order valence-corrected chi connectivity index (χ0v) is 20.9. The second kappa shape index (κ2) is 11.0. The van der Waals surface area contributed by atoms with Crippen molar-refractivity contribution in [2.45, 2.75) is 25.7 Å². The number of aromatic nitrogens is 2. The first kappa shape index (κ1) is 24.1. The Bertz CT molecular complexity index is 1170. The van der Waals surface area contributed by atoms with Gasteiger partial charge in [-0.1, -0.05) is 0 Å². The number of anilines is 3. The molecule has 2 aromatic carbocycles. The molecule has 2 heterocycles. The lowest BCUT2D eigenvalue weighted by Gasteiger charge is -2.37. The van der Waals surface area contributed by atoms with Gasteiger partial charge in [0.2, 0.25) is 0 Å². The highest BCUT2D eigenvalue weighted by molar-refractivity contribution is 6.06. The van der Waals surface area contributed by atoms with Gasteiger partial charge in [-0.3, -0.25) is 14.6 Å². The third-order valence-electron chi connectivity index (χ3n) is 7.21. The number of amides is 1. The first-order valence-corrected chi connectivity index (χ1v) is 12.7. The van der Waals surface area contributed by atoms with Gasteiger partial charge in [-0.15, -0.1) is 0 Å². The summed E-state index contributed by atoms with van der Waals surface area (Å²) in [7, 11) is 1.69. The number of hydrogen-bond acceptors (Lipinski definition) is 7. The minimum atomic E-state index is -0.0432. The van der Waals surface area contributed by atoms with Crippen LogP contribution in [0.25, 0.3) is 0 Å². The number of carbonyl (C=O) groups excluding carboxylic acids is 1. The number of ether oxygens (including phenoxy) is 1. The molecule has 2 aliphatic rings. The molecule has 8 nitrogen and oxygen atoms in total. The standard InChI is InChI=1S/C28H34N6O2/c1-36-24-12-10-23(11-13-24)33-17-14-32(15-18-33)16-19-34(28(35)21-6-8-22(29)9-7-21)27-25-4-2-3-5-26(25)30-20-31-27/h6-13,20H,2-5,14-19,29H2,1H3. The van der Waals surface area contributed by atoms with E-state index in [0.29, 0.717) is 17.8 Å². The van der Waals surface area contributed by atoms with Crippen LogP contribution in [-0.2, 0) is 12.8 Å². The van der Waals surface area contributed by atoms with Gasteiger partial charge < -0.3 is 15.4 Å². The van der Waals surface area contributed by atoms with Crippen LogP contribution in [-0.4, -0.2) is 67.2 Å². The average Bonchev–Trinajstić information content (AvgIpc) is 2.94. The molecule has 0 saturated carbocycles. The van der Waals surface area contributed by atoms with E-state index in [9.17, 15) is 4.79 Å². The number of rotatable bonds is 7. The summed E-state index contributed by atoms with van der Waals surface area (Å²) in [6.45, 7) is 5.14. The van der Waals surface area contributed by atoms with Crippen molar-refractivity contribution in [1.82, 2.24) is 14.9 Å². The third kappa shape index (κ3) is 5.28. The molecule has 0 unspecified atom stereocenters. The minimum Gasteiger partial charge on any atom is -0.497 e. The Kier molecular flexibility index (Phi) is 7.32. The van der Waals surface area contributed by atoms with E-state index in [1.54, 1.807) is 37.7 Å². The molecule has 1 aliphatic carbocycles. The number of methoxy groups -OCH3 is 1. The first-order chi connectivity index (χ1) is 17.6. The highest BCUT2D eigenvalue weighted by atomic mass is 16.5. The molecule has 3 aromatic rings. The molecule has 2 N–H and O–H groups in total. The zero-order valence-electron chi connectivity index (χ0n) is 20.9. The van der Waals surface area contributed by atoms with Gasteiger partial charge in [0, 0.05) is 67.5 Å². The fourth-order valence-corrected chi connectivity index (χ4v) is 5.09. The first-order valence-electron chi connectivity index (χ1n) is 12.7. The maximum absolute atomic E-state index is 13.7. The number of fused-ring (bicyclic) bond motifs is 1. The third-order valence-corrected chi connectivity index (χ3v) is 7.21. The fraction of sp³-hybridized carbons (Fsp3) is 0.393. The molecule has 0 atom stereocenters. The molecule has 5 rings (SSSR count). The Labute approximate surface area is 212 Å². The number of nitrogens with two attached hydrogens (primary N) is 1. The summed E-state index contributed by atoms with van der Waals surface area (Å²) in [5.74, 6) is 1.59. The summed E-state index contributed by atoms with van der Waals surface area (Å²) in [6, 6.07) is 15.4. The summed E-state index contributed by atoms with van der Waals surface area (Å²) >= 11 is 0. The normalized spacial score (nSPS) is 15.9. The van der Waals surface area contributed by atoms with Crippen LogP contribution in [0.1, 0.15) is 34.5 Å². The molecule has 1 aromatic heterocycles. The van der Waals surface area contributed by atoms with Crippen molar-refractivity contribution in [3.8, 4) is 5.75 Å². The molecular weight excluding hydrogens is 452 g/mol. The zero-order chi connectivity index (χ0) is 24.9. The van der Waals surface area contributed by atoms with Crippen LogP contribution < -0.4 is 20.3 Å². The summed E-state index contributed by atoms with van der Waals surface area (Å²) in [5.41, 5.74) is 10.5. The molecule has 0 bridgehead atoms. The minimum absolute atomic E-state index is 0.0432. The SMILES string of the molecule is COc1ccc(N2CCN(CCN(C(=O)c3ccc(N)cc3)c3ncnc4c3CCCC4)CC2)cc1. The molecular formula is C28H34N6O2. The number of hydrogen-bond donors (Lipinski definition) is 1. The fourth-order valence-electron chi connectivity index (χ4n) is 5.09. The van der Waals surface area contributed by atoms with E-state index in [-0.39, 0.29) is 5.91 Å². The van der Waals surface area contributed by atoms with Crippen molar-refractivity contribution in [1.29, 1.82) is 0 Å². The van der Waals surface area contributed by atoms with E-state index in [0.717, 1.165) is 81.2 Å². The largest absolute Gasteiger partial charge is 0.497 e. The molecule has 188 valence electrons. The predicted octanol–water partition coefficient (Wildman–Crippen LogP) is 3.42. The van der Waals surface area contributed by atoms with Crippen LogP contribution >= 0.6 is 0 Å². The maximum atomic E-state index is 13.7. The van der Waals surface area contributed by atoms with Gasteiger partial charge in [0.25, 0.3) is 5.91 Å². The van der Waals surface area contributed by atoms with Crippen molar-refractivity contribution in [2.75, 3.05) is 61.9 Å². The topological polar surface area (TPSA) is 87.8 Å². The Morgan fingerprint density at radius 2 is 1.69 bits per heavy atom. The van der Waals surface area contributed by atoms with E-state index in [1.165, 1.54) is 5.69 Å². The van der Waals surface area contributed by atoms with Gasteiger partial charge in [0.05, 0.1) is 7.11 Å². The summed E-state index contributed by atoms with van der Waals surface area (Å²) in [4.78, 5) is 29.5. The Morgan fingerprint density at radius 3 is 2.42 bits per heavy atom. The molecule has 0 spiro atoms. The Morgan fingerprint density at radius 1 is 0.972 bits per heavy atom. The highest BCUT2D eigenvalue weighted by Gasteiger charge is 2.26. The quantitative estimate of drug-likeness (QED) is 0.512. The van der Waals surface area contributed by atoms with E-state index in [2.05, 4.69) is 31.9 Å². The van der Waals surface area contributed by atoms with E-state index in [1.807, 2.05) is 17.0 Å². The number of benzene rings is 2. The van der Waals surface area contributed by atoms with Gasteiger partial charge in [-0.2, -0.15) is 0 Å². The van der Waals surface area contributed by atoms with Crippen LogP contribution in [0.3, 0.4) is 0 Å². The molecule has 1 fully saturated rings. The van der Waals surface area contributed by atoms with Gasteiger partial charge in [-0.25, -0.2) is 9.97 Å². The van der Waals surface area contributed by atoms with Crippen LogP contribution in [0, 0.1) is 0 Å². The van der Waals surface area contributed by atoms with E-state index < -0.39 is 0 Å². The van der Waals surface area contributed by atoms with Crippen molar-refractivity contribution in [3.05, 3.63) is 71.7 Å². The van der Waals surface area contributed by atoms with Gasteiger partial charge in [0.1, 0.15) is 17.9 Å². The highest BCUT2D eigenvalue weighted by Crippen LogP contribution is 2.28. The molecule has 1 saturated heterocycles. The van der Waals surface area contributed by atoms with Crippen molar-refractivity contribution >= 4 is 23.1 Å². The number of nitrogens with zero attached hydrogens (tertiary/aromatic N) is 5. The van der Waals surface area contributed by atoms with Gasteiger partial charge in [-0.05, 0) is 74.2 Å². The summed E-state index contributed by atoms with van der Waals surface area (Å²) in [5, 5.41) is 0. The van der Waals surface area contributed by atoms with E-state index >= 15 is 0 Å². The monoisotopic (exact) mass is 486 g/mol. The molecule has 1 aliphatic heterocycles. The lowest BCUT2D eigenvalue weighted by atomic mass is 9.96. The van der Waals surface area contributed by atoms with Crippen molar-refractivity contribution in [3.63, 3.8) is 0 Å². The average molecular weight is 487 g/mol. The van der Waals surface area contributed by atoms with Crippen molar-refractivity contribution < 1.29 is 9.53 Å². The van der Waals surface area contributed by atoms with Gasteiger partial charge >= 0.3 is 0 Å². The lowest BCUT2D eigenvalue weighted by Crippen LogP contribution is -2.49. The van der Waals surface area contributed by atoms with E-state index in [4.69, 9.17) is 10.5 Å². The predicted molar refractivity (Wildman–Crippen MR) is 143 cm³/mol. The van der Waals surface area contributed by atoms with Crippen LogP contribution in [0.4, 0.5) is 17.2 Å². The number of piperazine rings is 1. The molecule has 8 heteroatoms. The lowest BCUT2D eigenvalue weighted by molar-refractivity contribution is 0.0982. The molecule has 36 heavy (non-hydrogen) atoms. The molecule has 0 radical (unpaired) electrons. The van der Waals surface area contributed by atoms with Crippen LogP contribution in [0.2, 0.25) is 0 Å². The maximum Gasteiger partial charge on any atom is 0.259 e. The summed E-state index contributed by atoms with van der Waals surface area (Å²) in [6.07, 6.45) is 5.70. The summed E-state index contributed by atoms with van der Waals surface area (Å²) < 4.78 is 5.28. The Hall–Kier alpha value is -3.65. The second-order valence-electron chi connectivity index (χ2n) is 9.44. The number of aryl methyl sites for hydroxylation is 1. The Balaban J connectivity index is 1.29. The van der Waals surface area contributed by atoms with Crippen molar-refractivity contribution in [2.24, 2.45) is 0 Å². The number of nitrogen functional groups attached to an aromatic ring is 1. The van der Waals surface area contributed by atoms with Gasteiger partial charge in [0.15, 0.2) is 0 Å². The smallest absolute Gasteiger partial charge is 0.259 e. The number of carbonyl (C=O) groups is 1.